The highest BCUT2D eigenvalue weighted by Crippen LogP contribution is 2.20. The summed E-state index contributed by atoms with van der Waals surface area (Å²) in [5, 5.41) is 29.7. The van der Waals surface area contributed by atoms with Crippen molar-refractivity contribution >= 4 is 41.4 Å². The molecule has 13 N–H and O–H groups in total. The number of likely N-dealkylation sites (tertiary alicyclic amines) is 1. The van der Waals surface area contributed by atoms with Gasteiger partial charge in [0.2, 0.25) is 35.4 Å². The van der Waals surface area contributed by atoms with Gasteiger partial charge in [0.1, 0.15) is 30.2 Å². The van der Waals surface area contributed by atoms with Crippen molar-refractivity contribution in [1.82, 2.24) is 31.5 Å². The van der Waals surface area contributed by atoms with E-state index in [9.17, 15) is 33.9 Å². The van der Waals surface area contributed by atoms with Gasteiger partial charge in [0.25, 0.3) is 0 Å². The van der Waals surface area contributed by atoms with E-state index in [0.29, 0.717) is 38.8 Å². The summed E-state index contributed by atoms with van der Waals surface area (Å²) in [5.41, 5.74) is 16.1. The van der Waals surface area contributed by atoms with E-state index in [2.05, 4.69) is 26.6 Å². The summed E-state index contributed by atoms with van der Waals surface area (Å²) < 4.78 is 0. The Balaban J connectivity index is 3.22. The molecule has 1 saturated heterocycles. The molecule has 1 fully saturated rings. The Bertz CT molecular complexity index is 1030. The molecule has 0 spiro atoms. The maximum Gasteiger partial charge on any atom is 0.245 e. The van der Waals surface area contributed by atoms with Gasteiger partial charge in [-0.1, -0.05) is 20.3 Å². The van der Waals surface area contributed by atoms with Crippen molar-refractivity contribution in [2.75, 3.05) is 26.2 Å². The Morgan fingerprint density at radius 3 is 2.18 bits per heavy atom. The summed E-state index contributed by atoms with van der Waals surface area (Å²) in [7, 11) is 0. The predicted octanol–water partition coefficient (Wildman–Crippen LogP) is -3.54. The molecule has 0 bridgehead atoms. The molecule has 6 amide bonds. The van der Waals surface area contributed by atoms with Crippen LogP contribution in [-0.2, 0) is 28.8 Å². The number of primary amides is 1. The Kier molecular flexibility index (Phi) is 16.7. The second-order valence-electron chi connectivity index (χ2n) is 10.9. The van der Waals surface area contributed by atoms with E-state index in [1.54, 1.807) is 20.8 Å². The van der Waals surface area contributed by atoms with Gasteiger partial charge in [0, 0.05) is 26.1 Å². The number of carbonyl (C=O) groups excluding carboxylic acids is 6. The summed E-state index contributed by atoms with van der Waals surface area (Å²) in [6.45, 7) is 5.63. The van der Waals surface area contributed by atoms with Crippen molar-refractivity contribution in [2.45, 2.75) is 95.9 Å². The minimum Gasteiger partial charge on any atom is -0.394 e. The fraction of sp³-hybridized carbons (Fsp3) is 0.741. The van der Waals surface area contributed by atoms with Crippen LogP contribution in [0.4, 0.5) is 0 Å². The molecule has 0 aliphatic carbocycles. The van der Waals surface area contributed by atoms with Crippen molar-refractivity contribution in [3.05, 3.63) is 0 Å². The third-order valence-electron chi connectivity index (χ3n) is 7.43. The van der Waals surface area contributed by atoms with E-state index in [4.69, 9.17) is 22.6 Å². The molecule has 0 aromatic carbocycles. The van der Waals surface area contributed by atoms with E-state index < -0.39 is 72.3 Å². The summed E-state index contributed by atoms with van der Waals surface area (Å²) in [6, 6.07) is -5.48. The fourth-order valence-electron chi connectivity index (χ4n) is 4.72. The number of aliphatic hydroxyl groups excluding tert-OH is 1. The summed E-state index contributed by atoms with van der Waals surface area (Å²) in [5.74, 6) is -4.39. The van der Waals surface area contributed by atoms with Crippen LogP contribution in [-0.4, -0.2) is 108 Å². The number of hydrogen-bond acceptors (Lipinski definition) is 9. The number of rotatable bonds is 19. The van der Waals surface area contributed by atoms with Gasteiger partial charge in [-0.25, -0.2) is 0 Å². The van der Waals surface area contributed by atoms with Crippen molar-refractivity contribution < 1.29 is 33.9 Å². The lowest BCUT2D eigenvalue weighted by atomic mass is 9.96. The number of nitrogens with zero attached hydrogens (tertiary/aromatic N) is 1. The molecule has 1 rings (SSSR count). The summed E-state index contributed by atoms with van der Waals surface area (Å²) in [6.07, 6.45) is 1.63. The number of nitrogens with two attached hydrogens (primary N) is 3. The molecule has 0 radical (unpaired) electrons. The molecule has 0 unspecified atom stereocenters. The smallest absolute Gasteiger partial charge is 0.245 e. The minimum absolute atomic E-state index is 0.154. The Hall–Kier alpha value is -3.99. The quantitative estimate of drug-likeness (QED) is 0.0383. The van der Waals surface area contributed by atoms with Gasteiger partial charge in [-0.05, 0) is 44.9 Å². The molecular formula is C27H50N10O7. The SMILES string of the molecule is CCNC(=O)[C@@H]1CCCN1C(=O)[C@H](CCCNC(=N)N)NC(=O)[C@@H](NC(=O)[C@H](CCC(N)=O)NC(=O)[C@@H](N)CO)[C@@H](C)CC. The van der Waals surface area contributed by atoms with Gasteiger partial charge in [-0.3, -0.25) is 34.2 Å². The zero-order valence-electron chi connectivity index (χ0n) is 25.8. The van der Waals surface area contributed by atoms with Crippen LogP contribution < -0.4 is 43.8 Å². The van der Waals surface area contributed by atoms with Crippen LogP contribution in [0.25, 0.3) is 0 Å². The van der Waals surface area contributed by atoms with Gasteiger partial charge < -0.3 is 53.8 Å². The average molecular weight is 627 g/mol. The number of nitrogens with one attached hydrogen (secondary N) is 6. The normalized spacial score (nSPS) is 17.8. The van der Waals surface area contributed by atoms with Gasteiger partial charge >= 0.3 is 0 Å². The number of guanidine groups is 1. The second-order valence-corrected chi connectivity index (χ2v) is 10.9. The Labute approximate surface area is 257 Å². The van der Waals surface area contributed by atoms with Crippen LogP contribution in [0.2, 0.25) is 0 Å². The van der Waals surface area contributed by atoms with E-state index in [1.807, 2.05) is 0 Å². The van der Waals surface area contributed by atoms with Gasteiger partial charge in [0.15, 0.2) is 5.96 Å². The van der Waals surface area contributed by atoms with E-state index in [0.717, 1.165) is 0 Å². The number of likely N-dealkylation sites (N-methyl/N-ethyl adjacent to an activating group) is 1. The second kappa shape index (κ2) is 19.3. The lowest BCUT2D eigenvalue weighted by molar-refractivity contribution is -0.142. The van der Waals surface area contributed by atoms with Gasteiger partial charge in [-0.2, -0.15) is 0 Å². The molecule has 0 saturated carbocycles. The lowest BCUT2D eigenvalue weighted by Crippen LogP contribution is -2.60. The highest BCUT2D eigenvalue weighted by atomic mass is 16.3. The highest BCUT2D eigenvalue weighted by molar-refractivity contribution is 5.96. The van der Waals surface area contributed by atoms with Gasteiger partial charge in [0.05, 0.1) is 6.61 Å². The molecular weight excluding hydrogens is 576 g/mol. The number of carbonyl (C=O) groups is 6. The number of aliphatic hydroxyl groups is 1. The first-order valence-corrected chi connectivity index (χ1v) is 15.0. The molecule has 1 aliphatic heterocycles. The summed E-state index contributed by atoms with van der Waals surface area (Å²) in [4.78, 5) is 78.5. The molecule has 0 aromatic heterocycles. The van der Waals surface area contributed by atoms with Crippen LogP contribution in [0.5, 0.6) is 0 Å². The maximum absolute atomic E-state index is 13.7. The lowest BCUT2D eigenvalue weighted by Gasteiger charge is -2.31. The van der Waals surface area contributed by atoms with E-state index in [-0.39, 0.29) is 37.7 Å². The van der Waals surface area contributed by atoms with Crippen molar-refractivity contribution in [1.29, 1.82) is 5.41 Å². The highest BCUT2D eigenvalue weighted by Gasteiger charge is 2.39. The first-order valence-electron chi connectivity index (χ1n) is 15.0. The Morgan fingerprint density at radius 2 is 1.61 bits per heavy atom. The van der Waals surface area contributed by atoms with Crippen molar-refractivity contribution in [3.8, 4) is 0 Å². The third kappa shape index (κ3) is 12.3. The standard InChI is InChI=1S/C27H50N10O7/c1-4-15(3)21(36-23(41)17(10-11-20(29)39)34-22(40)16(28)14-38)25(43)35-18(8-6-12-33-27(30)31)26(44)37-13-7-9-19(37)24(42)32-5-2/h15-19,21,38H,4-14,28H2,1-3H3,(H2,29,39)(H,32,42)(H,34,40)(H,35,43)(H,36,41)(H4,30,31,33)/t15-,16-,17-,18-,19-,21-/m0/s1. The third-order valence-corrected chi connectivity index (χ3v) is 7.43. The Morgan fingerprint density at radius 1 is 0.955 bits per heavy atom. The molecule has 1 heterocycles. The first-order chi connectivity index (χ1) is 20.8. The van der Waals surface area contributed by atoms with Crippen molar-refractivity contribution in [3.63, 3.8) is 0 Å². The predicted molar refractivity (Wildman–Crippen MR) is 161 cm³/mol. The maximum atomic E-state index is 13.7. The monoisotopic (exact) mass is 626 g/mol. The largest absolute Gasteiger partial charge is 0.394 e. The van der Waals surface area contributed by atoms with Crippen LogP contribution >= 0.6 is 0 Å². The van der Waals surface area contributed by atoms with E-state index in [1.165, 1.54) is 4.90 Å². The molecule has 1 aliphatic rings. The number of hydrogen-bond donors (Lipinski definition) is 10. The molecule has 17 nitrogen and oxygen atoms in total. The van der Waals surface area contributed by atoms with Crippen molar-refractivity contribution in [2.24, 2.45) is 23.1 Å². The average Bonchev–Trinajstić information content (AvgIpc) is 3.48. The molecule has 17 heteroatoms. The molecule has 6 atom stereocenters. The van der Waals surface area contributed by atoms with E-state index >= 15 is 0 Å². The topological polar surface area (TPSA) is 288 Å². The molecule has 44 heavy (non-hydrogen) atoms. The van der Waals surface area contributed by atoms with Crippen LogP contribution in [0.15, 0.2) is 0 Å². The fourth-order valence-corrected chi connectivity index (χ4v) is 4.72. The summed E-state index contributed by atoms with van der Waals surface area (Å²) >= 11 is 0. The zero-order chi connectivity index (χ0) is 33.4. The first kappa shape index (κ1) is 38.0. The number of amides is 6. The van der Waals surface area contributed by atoms with Crippen LogP contribution in [0.3, 0.4) is 0 Å². The van der Waals surface area contributed by atoms with Gasteiger partial charge in [-0.15, -0.1) is 0 Å². The van der Waals surface area contributed by atoms with Crippen LogP contribution in [0.1, 0.15) is 65.7 Å². The molecule has 250 valence electrons. The molecule has 0 aromatic rings. The zero-order valence-corrected chi connectivity index (χ0v) is 25.8. The minimum atomic E-state index is -1.31. The van der Waals surface area contributed by atoms with Crippen LogP contribution in [0, 0.1) is 11.3 Å².